The van der Waals surface area contributed by atoms with Crippen molar-refractivity contribution in [1.29, 1.82) is 0 Å². The third kappa shape index (κ3) is 2.94. The normalized spacial score (nSPS) is 20.9. The standard InChI is InChI=1S/C14H17BClF3O2/c1-8-6-11(16)9(14(17,18)19)7-10(8)15-20-12(2,3)13(4,5)21-15/h6-7H,1-5H3. The number of halogens is 4. The molecule has 21 heavy (non-hydrogen) atoms. The van der Waals surface area contributed by atoms with Gasteiger partial charge in [0.2, 0.25) is 0 Å². The van der Waals surface area contributed by atoms with Crippen LogP contribution in [0.1, 0.15) is 38.8 Å². The van der Waals surface area contributed by atoms with E-state index in [-0.39, 0.29) is 5.02 Å². The first-order chi connectivity index (χ1) is 9.35. The van der Waals surface area contributed by atoms with Crippen LogP contribution in [0.4, 0.5) is 13.2 Å². The van der Waals surface area contributed by atoms with E-state index in [1.165, 1.54) is 6.07 Å². The molecule has 0 amide bonds. The summed E-state index contributed by atoms with van der Waals surface area (Å²) in [6.45, 7) is 9.09. The van der Waals surface area contributed by atoms with E-state index in [1.54, 1.807) is 6.92 Å². The second kappa shape index (κ2) is 4.90. The topological polar surface area (TPSA) is 18.5 Å². The fraction of sp³-hybridized carbons (Fsp3) is 0.571. The van der Waals surface area contributed by atoms with E-state index in [2.05, 4.69) is 0 Å². The van der Waals surface area contributed by atoms with Crippen molar-refractivity contribution in [2.45, 2.75) is 52.0 Å². The van der Waals surface area contributed by atoms with Gasteiger partial charge in [-0.3, -0.25) is 0 Å². The van der Waals surface area contributed by atoms with E-state index in [9.17, 15) is 13.2 Å². The molecule has 1 saturated heterocycles. The molecule has 0 unspecified atom stereocenters. The summed E-state index contributed by atoms with van der Waals surface area (Å²) in [5, 5.41) is -0.319. The molecule has 2 rings (SSSR count). The van der Waals surface area contributed by atoms with Gasteiger partial charge in [0.1, 0.15) is 0 Å². The van der Waals surface area contributed by atoms with Gasteiger partial charge in [0.05, 0.1) is 21.8 Å². The Kier molecular flexibility index (Phi) is 3.88. The first-order valence-electron chi connectivity index (χ1n) is 6.58. The lowest BCUT2D eigenvalue weighted by atomic mass is 9.75. The molecule has 1 aliphatic rings. The largest absolute Gasteiger partial charge is 0.495 e. The molecule has 1 heterocycles. The molecular formula is C14H17BClF3O2. The molecule has 0 atom stereocenters. The molecule has 0 saturated carbocycles. The molecule has 1 aliphatic heterocycles. The van der Waals surface area contributed by atoms with Crippen molar-refractivity contribution in [3.63, 3.8) is 0 Å². The van der Waals surface area contributed by atoms with Crippen molar-refractivity contribution in [1.82, 2.24) is 0 Å². The molecule has 7 heteroatoms. The number of hydrogen-bond donors (Lipinski definition) is 0. The van der Waals surface area contributed by atoms with Crippen LogP contribution in [0.5, 0.6) is 0 Å². The summed E-state index contributed by atoms with van der Waals surface area (Å²) >= 11 is 5.70. The second-order valence-corrected chi connectivity index (χ2v) is 6.68. The van der Waals surface area contributed by atoms with Crippen molar-refractivity contribution >= 4 is 24.2 Å². The summed E-state index contributed by atoms with van der Waals surface area (Å²) in [5.41, 5.74) is -1.14. The predicted octanol–water partition coefficient (Wildman–Crippen LogP) is 3.97. The molecule has 1 aromatic carbocycles. The van der Waals surface area contributed by atoms with E-state index in [0.717, 1.165) is 6.07 Å². The SMILES string of the molecule is Cc1cc(Cl)c(C(F)(F)F)cc1B1OC(C)(C)C(C)(C)O1. The Morgan fingerprint density at radius 1 is 1.05 bits per heavy atom. The van der Waals surface area contributed by atoms with Gasteiger partial charge in [0, 0.05) is 0 Å². The highest BCUT2D eigenvalue weighted by Gasteiger charge is 2.52. The first kappa shape index (κ1) is 16.7. The molecule has 0 aliphatic carbocycles. The number of alkyl halides is 3. The van der Waals surface area contributed by atoms with Crippen molar-refractivity contribution in [3.8, 4) is 0 Å². The van der Waals surface area contributed by atoms with Crippen LogP contribution in [0.2, 0.25) is 5.02 Å². The van der Waals surface area contributed by atoms with E-state index < -0.39 is 30.1 Å². The van der Waals surface area contributed by atoms with Gasteiger partial charge in [-0.1, -0.05) is 11.6 Å². The highest BCUT2D eigenvalue weighted by Crippen LogP contribution is 2.38. The second-order valence-electron chi connectivity index (χ2n) is 6.27. The lowest BCUT2D eigenvalue weighted by Gasteiger charge is -2.32. The first-order valence-corrected chi connectivity index (χ1v) is 6.96. The fourth-order valence-electron chi connectivity index (χ4n) is 2.13. The molecule has 0 aromatic heterocycles. The Morgan fingerprint density at radius 3 is 1.95 bits per heavy atom. The predicted molar refractivity (Wildman–Crippen MR) is 76.9 cm³/mol. The van der Waals surface area contributed by atoms with Gasteiger partial charge in [-0.05, 0) is 57.8 Å². The molecule has 0 bridgehead atoms. The molecule has 0 N–H and O–H groups in total. The highest BCUT2D eigenvalue weighted by atomic mass is 35.5. The third-order valence-electron chi connectivity index (χ3n) is 4.17. The van der Waals surface area contributed by atoms with Crippen LogP contribution in [0.25, 0.3) is 0 Å². The Balaban J connectivity index is 2.47. The summed E-state index contributed by atoms with van der Waals surface area (Å²) in [5.74, 6) is 0. The smallest absolute Gasteiger partial charge is 0.399 e. The molecule has 0 radical (unpaired) electrons. The van der Waals surface area contributed by atoms with Crippen LogP contribution in [0, 0.1) is 6.92 Å². The summed E-state index contributed by atoms with van der Waals surface area (Å²) in [6.07, 6.45) is -4.51. The van der Waals surface area contributed by atoms with Gasteiger partial charge in [-0.25, -0.2) is 0 Å². The molecule has 0 spiro atoms. The zero-order valence-electron chi connectivity index (χ0n) is 12.6. The zero-order chi connectivity index (χ0) is 16.2. The summed E-state index contributed by atoms with van der Waals surface area (Å²) in [6, 6.07) is 2.31. The van der Waals surface area contributed by atoms with E-state index in [0.29, 0.717) is 11.0 Å². The van der Waals surface area contributed by atoms with Crippen LogP contribution in [-0.2, 0) is 15.5 Å². The number of hydrogen-bond acceptors (Lipinski definition) is 2. The minimum Gasteiger partial charge on any atom is -0.399 e. The Labute approximate surface area is 127 Å². The van der Waals surface area contributed by atoms with E-state index in [4.69, 9.17) is 20.9 Å². The molecule has 1 fully saturated rings. The lowest BCUT2D eigenvalue weighted by molar-refractivity contribution is -0.137. The van der Waals surface area contributed by atoms with Gasteiger partial charge in [0.15, 0.2) is 0 Å². The maximum atomic E-state index is 13.0. The van der Waals surface area contributed by atoms with Crippen LogP contribution in [-0.4, -0.2) is 18.3 Å². The minimum absolute atomic E-state index is 0.319. The van der Waals surface area contributed by atoms with Crippen LogP contribution in [0.15, 0.2) is 12.1 Å². The summed E-state index contributed by atoms with van der Waals surface area (Å²) in [4.78, 5) is 0. The van der Waals surface area contributed by atoms with Gasteiger partial charge >= 0.3 is 13.3 Å². The van der Waals surface area contributed by atoms with Crippen molar-refractivity contribution in [3.05, 3.63) is 28.3 Å². The third-order valence-corrected chi connectivity index (χ3v) is 4.48. The lowest BCUT2D eigenvalue weighted by Crippen LogP contribution is -2.41. The summed E-state index contributed by atoms with van der Waals surface area (Å²) < 4.78 is 50.6. The van der Waals surface area contributed by atoms with Gasteiger partial charge in [-0.15, -0.1) is 0 Å². The number of rotatable bonds is 1. The summed E-state index contributed by atoms with van der Waals surface area (Å²) in [7, 11) is -0.839. The van der Waals surface area contributed by atoms with Crippen molar-refractivity contribution < 1.29 is 22.5 Å². The van der Waals surface area contributed by atoms with E-state index in [1.807, 2.05) is 27.7 Å². The molecule has 2 nitrogen and oxygen atoms in total. The maximum Gasteiger partial charge on any atom is 0.495 e. The van der Waals surface area contributed by atoms with Crippen LogP contribution in [0.3, 0.4) is 0 Å². The number of aryl methyl sites for hydroxylation is 1. The average molecular weight is 321 g/mol. The monoisotopic (exact) mass is 320 g/mol. The average Bonchev–Trinajstić information content (AvgIpc) is 2.45. The molecular weight excluding hydrogens is 303 g/mol. The molecule has 116 valence electrons. The van der Waals surface area contributed by atoms with Gasteiger partial charge < -0.3 is 9.31 Å². The Bertz CT molecular complexity index is 554. The highest BCUT2D eigenvalue weighted by molar-refractivity contribution is 6.62. The van der Waals surface area contributed by atoms with Crippen molar-refractivity contribution in [2.75, 3.05) is 0 Å². The Hall–Kier alpha value is -0.715. The zero-order valence-corrected chi connectivity index (χ0v) is 13.3. The van der Waals surface area contributed by atoms with Gasteiger partial charge in [-0.2, -0.15) is 13.2 Å². The number of benzene rings is 1. The maximum absolute atomic E-state index is 13.0. The minimum atomic E-state index is -4.51. The van der Waals surface area contributed by atoms with Crippen LogP contribution >= 0.6 is 11.6 Å². The van der Waals surface area contributed by atoms with E-state index >= 15 is 0 Å². The molecule has 1 aromatic rings. The quantitative estimate of drug-likeness (QED) is 0.729. The van der Waals surface area contributed by atoms with Crippen molar-refractivity contribution in [2.24, 2.45) is 0 Å². The fourth-order valence-corrected chi connectivity index (χ4v) is 2.46. The van der Waals surface area contributed by atoms with Gasteiger partial charge in [0.25, 0.3) is 0 Å². The van der Waals surface area contributed by atoms with Crippen LogP contribution < -0.4 is 5.46 Å². The Morgan fingerprint density at radius 2 is 1.52 bits per heavy atom.